The fourth-order valence-electron chi connectivity index (χ4n) is 1.02. The molecule has 0 saturated carbocycles. The van der Waals surface area contributed by atoms with Crippen molar-refractivity contribution in [1.29, 1.82) is 0 Å². The van der Waals surface area contributed by atoms with Crippen LogP contribution < -0.4 is 5.73 Å². The summed E-state index contributed by atoms with van der Waals surface area (Å²) in [5.74, 6) is -4.85. The molecule has 0 atom stereocenters. The molecular weight excluding hydrogens is 183 g/mol. The highest BCUT2D eigenvalue weighted by molar-refractivity contribution is 5.94. The van der Waals surface area contributed by atoms with Gasteiger partial charge in [-0.25, -0.2) is 13.2 Å². The van der Waals surface area contributed by atoms with Crippen LogP contribution in [0.4, 0.5) is 13.2 Å². The SMILES string of the molecule is Cc1c(F)c(F)cc(F)c1C(N)=O. The summed E-state index contributed by atoms with van der Waals surface area (Å²) in [6, 6.07) is 0.294. The molecule has 0 unspecified atom stereocenters. The van der Waals surface area contributed by atoms with Gasteiger partial charge in [0.05, 0.1) is 5.56 Å². The maximum absolute atomic E-state index is 12.8. The first-order valence-corrected chi connectivity index (χ1v) is 3.39. The molecule has 0 aliphatic heterocycles. The second-order valence-electron chi connectivity index (χ2n) is 2.52. The molecule has 0 heterocycles. The van der Waals surface area contributed by atoms with Crippen LogP contribution in [0.1, 0.15) is 15.9 Å². The van der Waals surface area contributed by atoms with Crippen LogP contribution in [0, 0.1) is 24.4 Å². The van der Waals surface area contributed by atoms with Gasteiger partial charge in [0.1, 0.15) is 5.82 Å². The number of carbonyl (C=O) groups is 1. The van der Waals surface area contributed by atoms with Crippen molar-refractivity contribution in [3.63, 3.8) is 0 Å². The normalized spacial score (nSPS) is 10.2. The smallest absolute Gasteiger partial charge is 0.252 e. The van der Waals surface area contributed by atoms with Crippen molar-refractivity contribution in [2.24, 2.45) is 5.73 Å². The molecular formula is C8H6F3NO. The van der Waals surface area contributed by atoms with E-state index in [1.165, 1.54) is 0 Å². The van der Waals surface area contributed by atoms with E-state index in [-0.39, 0.29) is 0 Å². The Kier molecular flexibility index (Phi) is 2.27. The summed E-state index contributed by atoms with van der Waals surface area (Å²) in [6.07, 6.45) is 0. The Hall–Kier alpha value is -1.52. The van der Waals surface area contributed by atoms with Gasteiger partial charge in [0, 0.05) is 11.6 Å². The monoisotopic (exact) mass is 189 g/mol. The molecule has 0 saturated heterocycles. The first kappa shape index (κ1) is 9.57. The number of rotatable bonds is 1. The maximum Gasteiger partial charge on any atom is 0.252 e. The average molecular weight is 189 g/mol. The molecule has 0 aliphatic rings. The topological polar surface area (TPSA) is 43.1 Å². The number of carbonyl (C=O) groups excluding carboxylic acids is 1. The number of nitrogens with two attached hydrogens (primary N) is 1. The number of primary amides is 1. The largest absolute Gasteiger partial charge is 0.365 e. The fourth-order valence-corrected chi connectivity index (χ4v) is 1.02. The highest BCUT2D eigenvalue weighted by atomic mass is 19.2. The van der Waals surface area contributed by atoms with E-state index in [1.807, 2.05) is 0 Å². The van der Waals surface area contributed by atoms with Crippen LogP contribution in [-0.4, -0.2) is 5.91 Å². The van der Waals surface area contributed by atoms with Crippen LogP contribution in [0.15, 0.2) is 6.07 Å². The second-order valence-corrected chi connectivity index (χ2v) is 2.52. The molecule has 0 aromatic heterocycles. The van der Waals surface area contributed by atoms with Crippen LogP contribution in [0.25, 0.3) is 0 Å². The first-order valence-electron chi connectivity index (χ1n) is 3.39. The first-order chi connectivity index (χ1) is 5.95. The molecule has 13 heavy (non-hydrogen) atoms. The van der Waals surface area contributed by atoms with Gasteiger partial charge in [0.25, 0.3) is 5.91 Å². The summed E-state index contributed by atoms with van der Waals surface area (Å²) in [7, 11) is 0. The van der Waals surface area contributed by atoms with Crippen LogP contribution in [0.3, 0.4) is 0 Å². The van der Waals surface area contributed by atoms with E-state index in [0.29, 0.717) is 6.07 Å². The Bertz CT molecular complexity index is 376. The van der Waals surface area contributed by atoms with Gasteiger partial charge in [-0.1, -0.05) is 0 Å². The van der Waals surface area contributed by atoms with Crippen LogP contribution in [0.5, 0.6) is 0 Å². The van der Waals surface area contributed by atoms with E-state index in [9.17, 15) is 18.0 Å². The third-order valence-corrected chi connectivity index (χ3v) is 1.65. The van der Waals surface area contributed by atoms with Gasteiger partial charge in [-0.15, -0.1) is 0 Å². The van der Waals surface area contributed by atoms with E-state index < -0.39 is 34.5 Å². The second kappa shape index (κ2) is 3.08. The minimum Gasteiger partial charge on any atom is -0.365 e. The zero-order valence-corrected chi connectivity index (χ0v) is 6.70. The van der Waals surface area contributed by atoms with Gasteiger partial charge in [0.15, 0.2) is 11.6 Å². The number of hydrogen-bond acceptors (Lipinski definition) is 1. The van der Waals surface area contributed by atoms with Crippen molar-refractivity contribution in [2.75, 3.05) is 0 Å². The summed E-state index contributed by atoms with van der Waals surface area (Å²) >= 11 is 0. The predicted molar refractivity (Wildman–Crippen MR) is 39.6 cm³/mol. The number of amides is 1. The number of halogens is 3. The van der Waals surface area contributed by atoms with Crippen molar-refractivity contribution < 1.29 is 18.0 Å². The average Bonchev–Trinajstić information content (AvgIpc) is 1.99. The summed E-state index contributed by atoms with van der Waals surface area (Å²) in [6.45, 7) is 1.08. The zero-order chi connectivity index (χ0) is 10.2. The lowest BCUT2D eigenvalue weighted by atomic mass is 10.1. The summed E-state index contributed by atoms with van der Waals surface area (Å²) in [5, 5.41) is 0. The zero-order valence-electron chi connectivity index (χ0n) is 6.70. The van der Waals surface area contributed by atoms with Gasteiger partial charge in [-0.2, -0.15) is 0 Å². The Balaban J connectivity index is 3.53. The van der Waals surface area contributed by atoms with E-state index in [0.717, 1.165) is 6.92 Å². The third kappa shape index (κ3) is 1.49. The van der Waals surface area contributed by atoms with E-state index in [4.69, 9.17) is 5.73 Å². The molecule has 0 radical (unpaired) electrons. The van der Waals surface area contributed by atoms with Crippen LogP contribution in [0.2, 0.25) is 0 Å². The van der Waals surface area contributed by atoms with Crippen molar-refractivity contribution in [3.05, 3.63) is 34.6 Å². The van der Waals surface area contributed by atoms with Gasteiger partial charge in [0.2, 0.25) is 0 Å². The molecule has 0 bridgehead atoms. The Morgan fingerprint density at radius 3 is 2.31 bits per heavy atom. The molecule has 70 valence electrons. The molecule has 0 spiro atoms. The molecule has 0 fully saturated rings. The van der Waals surface area contributed by atoms with E-state index in [2.05, 4.69) is 0 Å². The molecule has 1 rings (SSSR count). The van der Waals surface area contributed by atoms with Gasteiger partial charge in [-0.3, -0.25) is 4.79 Å². The summed E-state index contributed by atoms with van der Waals surface area (Å²) in [5.41, 5.74) is 3.74. The quantitative estimate of drug-likeness (QED) is 0.668. The lowest BCUT2D eigenvalue weighted by Gasteiger charge is -2.04. The van der Waals surface area contributed by atoms with Crippen molar-refractivity contribution in [1.82, 2.24) is 0 Å². The van der Waals surface area contributed by atoms with E-state index >= 15 is 0 Å². The van der Waals surface area contributed by atoms with Gasteiger partial charge >= 0.3 is 0 Å². The molecule has 2 N–H and O–H groups in total. The minimum absolute atomic E-state index is 0.294. The lowest BCUT2D eigenvalue weighted by Crippen LogP contribution is -2.16. The Morgan fingerprint density at radius 1 is 1.31 bits per heavy atom. The van der Waals surface area contributed by atoms with Gasteiger partial charge < -0.3 is 5.73 Å². The third-order valence-electron chi connectivity index (χ3n) is 1.65. The molecule has 1 amide bonds. The van der Waals surface area contributed by atoms with Crippen molar-refractivity contribution >= 4 is 5.91 Å². The molecule has 1 aromatic rings. The molecule has 5 heteroatoms. The number of hydrogen-bond donors (Lipinski definition) is 1. The lowest BCUT2D eigenvalue weighted by molar-refractivity contribution is 0.0995. The van der Waals surface area contributed by atoms with Crippen LogP contribution in [-0.2, 0) is 0 Å². The van der Waals surface area contributed by atoms with Crippen molar-refractivity contribution in [3.8, 4) is 0 Å². The minimum atomic E-state index is -1.33. The van der Waals surface area contributed by atoms with E-state index in [1.54, 1.807) is 0 Å². The highest BCUT2D eigenvalue weighted by Crippen LogP contribution is 2.18. The number of benzene rings is 1. The highest BCUT2D eigenvalue weighted by Gasteiger charge is 2.18. The standard InChI is InChI=1S/C8H6F3NO/c1-3-6(8(12)13)4(9)2-5(10)7(3)11/h2H,1H3,(H2,12,13). The maximum atomic E-state index is 12.8. The predicted octanol–water partition coefficient (Wildman–Crippen LogP) is 1.51. The summed E-state index contributed by atoms with van der Waals surface area (Å²) < 4.78 is 38.1. The van der Waals surface area contributed by atoms with Gasteiger partial charge in [-0.05, 0) is 6.92 Å². The molecule has 1 aromatic carbocycles. The van der Waals surface area contributed by atoms with Crippen LogP contribution >= 0.6 is 0 Å². The summed E-state index contributed by atoms with van der Waals surface area (Å²) in [4.78, 5) is 10.6. The fraction of sp³-hybridized carbons (Fsp3) is 0.125. The Labute approximate surface area is 72.2 Å². The Morgan fingerprint density at radius 2 is 1.85 bits per heavy atom. The molecule has 2 nitrogen and oxygen atoms in total. The van der Waals surface area contributed by atoms with Crippen molar-refractivity contribution in [2.45, 2.75) is 6.92 Å². The molecule has 0 aliphatic carbocycles.